The number of benzene rings is 1. The molecule has 0 aliphatic carbocycles. The van der Waals surface area contributed by atoms with E-state index in [-0.39, 0.29) is 6.42 Å². The number of hydrogen-bond acceptors (Lipinski definition) is 5. The zero-order valence-corrected chi connectivity index (χ0v) is 11.1. The van der Waals surface area contributed by atoms with E-state index in [0.29, 0.717) is 12.8 Å². The smallest absolute Gasteiger partial charge is 0.303 e. The summed E-state index contributed by atoms with van der Waals surface area (Å²) < 4.78 is 1.04. The van der Waals surface area contributed by atoms with Crippen LogP contribution in [0, 0.1) is 10.7 Å². The Morgan fingerprint density at radius 1 is 1.56 bits per heavy atom. The predicted molar refractivity (Wildman–Crippen MR) is 71.7 cm³/mol. The predicted octanol–water partition coefficient (Wildman–Crippen LogP) is 3.28. The number of carboxylic acid groups (broad SMARTS) is 1. The number of nitriles is 1. The Morgan fingerprint density at radius 2 is 2.39 bits per heavy atom. The van der Waals surface area contributed by atoms with Gasteiger partial charge in [-0.1, -0.05) is 0 Å². The lowest BCUT2D eigenvalue weighted by molar-refractivity contribution is -0.137. The molecule has 1 N–H and O–H groups in total. The van der Waals surface area contributed by atoms with Crippen molar-refractivity contribution in [3.05, 3.63) is 23.2 Å². The summed E-state index contributed by atoms with van der Waals surface area (Å²) in [6.45, 7) is 0. The number of fused-ring (bicyclic) bond motifs is 1. The standard InChI is InChI=1S/C12H10N2O2S2/c13-7-17-8-4-5-9-10(6-8)18-11(14-9)2-1-3-12(15)16/h4-6H,1-3H2,(H,15,16). The van der Waals surface area contributed by atoms with E-state index in [1.54, 1.807) is 11.3 Å². The first-order valence-corrected chi connectivity index (χ1v) is 6.99. The second-order valence-corrected chi connectivity index (χ2v) is 5.65. The molecule has 0 aliphatic heterocycles. The summed E-state index contributed by atoms with van der Waals surface area (Å²) in [7, 11) is 0. The second-order valence-electron chi connectivity index (χ2n) is 3.68. The molecule has 0 spiro atoms. The number of nitrogens with zero attached hydrogens (tertiary/aromatic N) is 2. The molecule has 0 aliphatic rings. The second kappa shape index (κ2) is 5.85. The third-order valence-electron chi connectivity index (χ3n) is 2.35. The van der Waals surface area contributed by atoms with Gasteiger partial charge in [0, 0.05) is 11.3 Å². The minimum absolute atomic E-state index is 0.172. The number of rotatable bonds is 5. The molecule has 0 saturated heterocycles. The Bertz CT molecular complexity index is 616. The number of thiazole rings is 1. The van der Waals surface area contributed by atoms with Crippen LogP contribution in [0.25, 0.3) is 10.2 Å². The van der Waals surface area contributed by atoms with Gasteiger partial charge in [-0.2, -0.15) is 5.26 Å². The normalized spacial score (nSPS) is 10.4. The molecule has 0 saturated carbocycles. The van der Waals surface area contributed by atoms with Crippen molar-refractivity contribution < 1.29 is 9.90 Å². The highest BCUT2D eigenvalue weighted by atomic mass is 32.2. The summed E-state index contributed by atoms with van der Waals surface area (Å²) >= 11 is 2.69. The molecule has 1 aromatic carbocycles. The van der Waals surface area contributed by atoms with Crippen LogP contribution in [-0.4, -0.2) is 16.1 Å². The van der Waals surface area contributed by atoms with Crippen molar-refractivity contribution in [1.29, 1.82) is 5.26 Å². The van der Waals surface area contributed by atoms with Gasteiger partial charge in [-0.3, -0.25) is 4.79 Å². The van der Waals surface area contributed by atoms with Crippen molar-refractivity contribution in [3.63, 3.8) is 0 Å². The van der Waals surface area contributed by atoms with E-state index in [1.807, 2.05) is 23.6 Å². The Labute approximate surface area is 112 Å². The molecule has 0 atom stereocenters. The van der Waals surface area contributed by atoms with Gasteiger partial charge in [-0.05, 0) is 42.8 Å². The number of aryl methyl sites for hydroxylation is 1. The molecule has 0 bridgehead atoms. The zero-order valence-electron chi connectivity index (χ0n) is 9.42. The number of thioether (sulfide) groups is 1. The van der Waals surface area contributed by atoms with Gasteiger partial charge in [0.1, 0.15) is 5.40 Å². The Kier molecular flexibility index (Phi) is 4.18. The monoisotopic (exact) mass is 278 g/mol. The third kappa shape index (κ3) is 3.22. The first-order chi connectivity index (χ1) is 8.69. The van der Waals surface area contributed by atoms with Gasteiger partial charge in [0.15, 0.2) is 0 Å². The molecule has 18 heavy (non-hydrogen) atoms. The topological polar surface area (TPSA) is 74.0 Å². The number of aliphatic carboxylic acids is 1. The molecule has 92 valence electrons. The number of hydrogen-bond donors (Lipinski definition) is 1. The number of carbonyl (C=O) groups is 1. The largest absolute Gasteiger partial charge is 0.481 e. The molecule has 4 nitrogen and oxygen atoms in total. The van der Waals surface area contributed by atoms with Crippen molar-refractivity contribution >= 4 is 39.3 Å². The Hall–Kier alpha value is -1.58. The molecule has 0 radical (unpaired) electrons. The molecule has 1 aromatic heterocycles. The van der Waals surface area contributed by atoms with Crippen LogP contribution in [-0.2, 0) is 11.2 Å². The summed E-state index contributed by atoms with van der Waals surface area (Å²) in [4.78, 5) is 15.8. The van der Waals surface area contributed by atoms with Crippen LogP contribution in [0.3, 0.4) is 0 Å². The highest BCUT2D eigenvalue weighted by Gasteiger charge is 2.06. The fourth-order valence-corrected chi connectivity index (χ4v) is 3.11. The van der Waals surface area contributed by atoms with Crippen LogP contribution in [0.4, 0.5) is 0 Å². The maximum absolute atomic E-state index is 10.4. The van der Waals surface area contributed by atoms with Crippen molar-refractivity contribution in [2.45, 2.75) is 24.2 Å². The molecular weight excluding hydrogens is 268 g/mol. The average Bonchev–Trinajstić information content (AvgIpc) is 2.71. The first kappa shape index (κ1) is 12.9. The Morgan fingerprint density at radius 3 is 3.11 bits per heavy atom. The van der Waals surface area contributed by atoms with E-state index >= 15 is 0 Å². The van der Waals surface area contributed by atoms with E-state index in [4.69, 9.17) is 10.4 Å². The van der Waals surface area contributed by atoms with Crippen LogP contribution < -0.4 is 0 Å². The summed E-state index contributed by atoms with van der Waals surface area (Å²) in [6.07, 6.45) is 1.47. The van der Waals surface area contributed by atoms with Crippen LogP contribution >= 0.6 is 23.1 Å². The van der Waals surface area contributed by atoms with Crippen molar-refractivity contribution in [3.8, 4) is 5.40 Å². The Balaban J connectivity index is 2.12. The lowest BCUT2D eigenvalue weighted by atomic mass is 10.2. The molecule has 2 aromatic rings. The summed E-state index contributed by atoms with van der Waals surface area (Å²) in [5.41, 5.74) is 0.910. The fourth-order valence-electron chi connectivity index (χ4n) is 1.57. The van der Waals surface area contributed by atoms with Crippen molar-refractivity contribution in [2.75, 3.05) is 0 Å². The minimum Gasteiger partial charge on any atom is -0.481 e. The van der Waals surface area contributed by atoms with Gasteiger partial charge in [0.25, 0.3) is 0 Å². The highest BCUT2D eigenvalue weighted by Crippen LogP contribution is 2.28. The molecule has 0 fully saturated rings. The van der Waals surface area contributed by atoms with Crippen LogP contribution in [0.2, 0.25) is 0 Å². The SMILES string of the molecule is N#CSc1ccc2nc(CCCC(=O)O)sc2c1. The molecule has 0 unspecified atom stereocenters. The first-order valence-electron chi connectivity index (χ1n) is 5.36. The van der Waals surface area contributed by atoms with Crippen molar-refractivity contribution in [2.24, 2.45) is 0 Å². The van der Waals surface area contributed by atoms with Crippen LogP contribution in [0.15, 0.2) is 23.1 Å². The summed E-state index contributed by atoms with van der Waals surface area (Å²) in [6, 6.07) is 5.71. The maximum atomic E-state index is 10.4. The zero-order chi connectivity index (χ0) is 13.0. The molecule has 6 heteroatoms. The number of aromatic nitrogens is 1. The lowest BCUT2D eigenvalue weighted by Gasteiger charge is -1.91. The molecule has 0 amide bonds. The fraction of sp³-hybridized carbons (Fsp3) is 0.250. The average molecular weight is 278 g/mol. The van der Waals surface area contributed by atoms with Gasteiger partial charge in [0.2, 0.25) is 0 Å². The molecular formula is C12H10N2O2S2. The van der Waals surface area contributed by atoms with Gasteiger partial charge in [0.05, 0.1) is 15.2 Å². The summed E-state index contributed by atoms with van der Waals surface area (Å²) in [5.74, 6) is -0.774. The molecule has 2 rings (SSSR count). The van der Waals surface area contributed by atoms with E-state index < -0.39 is 5.97 Å². The van der Waals surface area contributed by atoms with E-state index in [2.05, 4.69) is 4.98 Å². The van der Waals surface area contributed by atoms with Gasteiger partial charge in [-0.25, -0.2) is 4.98 Å². The number of thiocyanates is 1. The lowest BCUT2D eigenvalue weighted by Crippen LogP contribution is -1.95. The maximum Gasteiger partial charge on any atom is 0.303 e. The van der Waals surface area contributed by atoms with E-state index in [9.17, 15) is 4.79 Å². The quantitative estimate of drug-likeness (QED) is 0.671. The summed E-state index contributed by atoms with van der Waals surface area (Å²) in [5, 5.41) is 20.2. The minimum atomic E-state index is -0.774. The van der Waals surface area contributed by atoms with Gasteiger partial charge >= 0.3 is 5.97 Å². The van der Waals surface area contributed by atoms with Crippen molar-refractivity contribution in [1.82, 2.24) is 4.98 Å². The van der Waals surface area contributed by atoms with Gasteiger partial charge in [-0.15, -0.1) is 11.3 Å². The van der Waals surface area contributed by atoms with E-state index in [1.165, 1.54) is 0 Å². The van der Waals surface area contributed by atoms with E-state index in [0.717, 1.165) is 31.9 Å². The van der Waals surface area contributed by atoms with Gasteiger partial charge < -0.3 is 5.11 Å². The number of carboxylic acids is 1. The van der Waals surface area contributed by atoms with Crippen LogP contribution in [0.1, 0.15) is 17.8 Å². The third-order valence-corrected chi connectivity index (χ3v) is 4.01. The van der Waals surface area contributed by atoms with Crippen LogP contribution in [0.5, 0.6) is 0 Å². The highest BCUT2D eigenvalue weighted by molar-refractivity contribution is 8.03. The molecule has 1 heterocycles.